The first-order chi connectivity index (χ1) is 19.0. The standard InChI is InChI=1S/C30H28F6N2OS/c1-2-15-40-28(39)37-22-16-25-23(18-3-7-20(8-4-18)29(31,32)33)11-13-38-14-12-24(26(17-22)27(25)38)19-5-9-21(10-6-19)30(34,35)36/h3-10,16-17,23-24H,2,11-15H2,1H3,(H,37,39)/t23-,24-/m0/s1. The Kier molecular flexibility index (Phi) is 7.83. The summed E-state index contributed by atoms with van der Waals surface area (Å²) < 4.78 is 79.2. The number of rotatable bonds is 5. The average molecular weight is 579 g/mol. The predicted octanol–water partition coefficient (Wildman–Crippen LogP) is 9.28. The van der Waals surface area contributed by atoms with Crippen LogP contribution < -0.4 is 10.2 Å². The molecule has 3 aromatic carbocycles. The fraction of sp³-hybridized carbons (Fsp3) is 0.367. The molecule has 0 saturated heterocycles. The third kappa shape index (κ3) is 5.82. The lowest BCUT2D eigenvalue weighted by Gasteiger charge is -2.43. The molecule has 0 saturated carbocycles. The number of nitrogens with one attached hydrogen (secondary N) is 1. The van der Waals surface area contributed by atoms with Crippen LogP contribution in [0.5, 0.6) is 0 Å². The minimum absolute atomic E-state index is 0.196. The van der Waals surface area contributed by atoms with Crippen LogP contribution in [0.1, 0.15) is 71.4 Å². The second-order valence-electron chi connectivity index (χ2n) is 10.2. The van der Waals surface area contributed by atoms with Crippen molar-refractivity contribution in [3.8, 4) is 0 Å². The molecular formula is C30H28F6N2OS. The van der Waals surface area contributed by atoms with Crippen LogP contribution in [0.15, 0.2) is 60.7 Å². The van der Waals surface area contributed by atoms with Crippen molar-refractivity contribution in [3.05, 3.63) is 94.0 Å². The van der Waals surface area contributed by atoms with Crippen LogP contribution in [0.25, 0.3) is 0 Å². The predicted molar refractivity (Wildman–Crippen MR) is 146 cm³/mol. The number of hydrogen-bond donors (Lipinski definition) is 1. The number of nitrogens with zero attached hydrogens (tertiary/aromatic N) is 1. The lowest BCUT2D eigenvalue weighted by atomic mass is 9.76. The number of thioether (sulfide) groups is 1. The Hall–Kier alpha value is -3.14. The molecule has 2 aliphatic heterocycles. The van der Waals surface area contributed by atoms with E-state index < -0.39 is 23.5 Å². The molecule has 3 aromatic rings. The maximum Gasteiger partial charge on any atom is 0.416 e. The smallest absolute Gasteiger partial charge is 0.371 e. The van der Waals surface area contributed by atoms with E-state index in [1.807, 2.05) is 19.1 Å². The molecule has 3 nitrogen and oxygen atoms in total. The quantitative estimate of drug-likeness (QED) is 0.306. The topological polar surface area (TPSA) is 32.3 Å². The Morgan fingerprint density at radius 3 is 1.68 bits per heavy atom. The minimum Gasteiger partial charge on any atom is -0.371 e. The van der Waals surface area contributed by atoms with Crippen LogP contribution in [0.3, 0.4) is 0 Å². The van der Waals surface area contributed by atoms with Crippen molar-refractivity contribution in [2.24, 2.45) is 0 Å². The summed E-state index contributed by atoms with van der Waals surface area (Å²) in [7, 11) is 0. The number of carbonyl (C=O) groups excluding carboxylic acids is 1. The molecule has 0 radical (unpaired) electrons. The van der Waals surface area contributed by atoms with E-state index >= 15 is 0 Å². The number of halogens is 6. The van der Waals surface area contributed by atoms with E-state index in [1.165, 1.54) is 36.0 Å². The van der Waals surface area contributed by atoms with Gasteiger partial charge in [0.25, 0.3) is 5.24 Å². The van der Waals surface area contributed by atoms with Crippen molar-refractivity contribution in [1.82, 2.24) is 0 Å². The highest BCUT2D eigenvalue weighted by Gasteiger charge is 2.37. The summed E-state index contributed by atoms with van der Waals surface area (Å²) in [5, 5.41) is 2.74. The van der Waals surface area contributed by atoms with Crippen LogP contribution in [-0.2, 0) is 12.4 Å². The van der Waals surface area contributed by atoms with Crippen molar-refractivity contribution in [2.75, 3.05) is 29.1 Å². The molecule has 1 N–H and O–H groups in total. The molecule has 2 aliphatic rings. The summed E-state index contributed by atoms with van der Waals surface area (Å²) in [6, 6.07) is 14.2. The number of hydrogen-bond acceptors (Lipinski definition) is 3. The Labute approximate surface area is 233 Å². The van der Waals surface area contributed by atoms with E-state index in [9.17, 15) is 31.1 Å². The third-order valence-electron chi connectivity index (χ3n) is 7.58. The molecule has 0 bridgehead atoms. The molecule has 10 heteroatoms. The Morgan fingerprint density at radius 1 is 0.825 bits per heavy atom. The first-order valence-electron chi connectivity index (χ1n) is 13.2. The van der Waals surface area contributed by atoms with Gasteiger partial charge in [0.2, 0.25) is 0 Å². The SMILES string of the molecule is CCCSC(=O)Nc1cc2c3c(c1)[C@H](c1ccc(C(F)(F)F)cc1)CCN3CC[C@H]2c1ccc(C(F)(F)F)cc1. The van der Waals surface area contributed by atoms with Gasteiger partial charge in [-0.1, -0.05) is 43.0 Å². The minimum atomic E-state index is -4.43. The van der Waals surface area contributed by atoms with Crippen molar-refractivity contribution in [1.29, 1.82) is 0 Å². The second-order valence-corrected chi connectivity index (χ2v) is 11.2. The van der Waals surface area contributed by atoms with Crippen molar-refractivity contribution < 1.29 is 31.1 Å². The van der Waals surface area contributed by atoms with Gasteiger partial charge in [0.1, 0.15) is 0 Å². The van der Waals surface area contributed by atoms with E-state index in [-0.39, 0.29) is 17.1 Å². The molecule has 2 heterocycles. The summed E-state index contributed by atoms with van der Waals surface area (Å²) >= 11 is 1.17. The molecule has 212 valence electrons. The van der Waals surface area contributed by atoms with Crippen molar-refractivity contribution in [3.63, 3.8) is 0 Å². The van der Waals surface area contributed by atoms with E-state index in [0.29, 0.717) is 37.4 Å². The lowest BCUT2D eigenvalue weighted by molar-refractivity contribution is -0.138. The lowest BCUT2D eigenvalue weighted by Crippen LogP contribution is -2.37. The largest absolute Gasteiger partial charge is 0.416 e. The molecule has 0 aromatic heterocycles. The number of benzene rings is 3. The fourth-order valence-electron chi connectivity index (χ4n) is 5.71. The Morgan fingerprint density at radius 2 is 1.27 bits per heavy atom. The number of carbonyl (C=O) groups is 1. The van der Waals surface area contributed by atoms with Crippen LogP contribution >= 0.6 is 11.8 Å². The highest BCUT2D eigenvalue weighted by molar-refractivity contribution is 8.13. The zero-order valence-electron chi connectivity index (χ0n) is 21.7. The molecule has 40 heavy (non-hydrogen) atoms. The van der Waals surface area contributed by atoms with Gasteiger partial charge in [-0.25, -0.2) is 0 Å². The van der Waals surface area contributed by atoms with E-state index in [2.05, 4.69) is 10.2 Å². The van der Waals surface area contributed by atoms with Gasteiger partial charge in [-0.2, -0.15) is 26.3 Å². The van der Waals surface area contributed by atoms with Gasteiger partial charge in [0, 0.05) is 42.1 Å². The summed E-state index contributed by atoms with van der Waals surface area (Å²) in [5.41, 5.74) is 3.38. The van der Waals surface area contributed by atoms with Gasteiger partial charge < -0.3 is 10.2 Å². The first-order valence-corrected chi connectivity index (χ1v) is 14.1. The highest BCUT2D eigenvalue weighted by Crippen LogP contribution is 2.50. The Bertz CT molecular complexity index is 1280. The number of alkyl halides is 6. The van der Waals surface area contributed by atoms with Crippen LogP contribution in [0.2, 0.25) is 0 Å². The van der Waals surface area contributed by atoms with Crippen LogP contribution in [-0.4, -0.2) is 24.1 Å². The summed E-state index contributed by atoms with van der Waals surface area (Å²) in [6.07, 6.45) is -6.67. The van der Waals surface area contributed by atoms with Crippen LogP contribution in [0.4, 0.5) is 42.5 Å². The summed E-state index contributed by atoms with van der Waals surface area (Å²) in [4.78, 5) is 14.9. The Balaban J connectivity index is 1.59. The molecule has 1 amide bonds. The molecular weight excluding hydrogens is 550 g/mol. The number of amides is 1. The second kappa shape index (κ2) is 11.0. The molecule has 0 unspecified atom stereocenters. The van der Waals surface area contributed by atoms with Crippen LogP contribution in [0, 0.1) is 0 Å². The maximum atomic E-state index is 13.2. The maximum absolute atomic E-state index is 13.2. The molecule has 2 atom stereocenters. The van der Waals surface area contributed by atoms with Gasteiger partial charge in [-0.3, -0.25) is 4.79 Å². The monoisotopic (exact) mass is 578 g/mol. The zero-order chi connectivity index (χ0) is 28.7. The van der Waals surface area contributed by atoms with E-state index in [0.717, 1.165) is 58.6 Å². The highest BCUT2D eigenvalue weighted by atomic mass is 32.2. The zero-order valence-corrected chi connectivity index (χ0v) is 22.5. The summed E-state index contributed by atoms with van der Waals surface area (Å²) in [5.74, 6) is 0.261. The van der Waals surface area contributed by atoms with Gasteiger partial charge >= 0.3 is 12.4 Å². The molecule has 0 fully saturated rings. The third-order valence-corrected chi connectivity index (χ3v) is 8.55. The average Bonchev–Trinajstić information content (AvgIpc) is 2.91. The summed E-state index contributed by atoms with van der Waals surface area (Å²) in [6.45, 7) is 3.37. The fourth-order valence-corrected chi connectivity index (χ4v) is 6.29. The molecule has 0 spiro atoms. The van der Waals surface area contributed by atoms with E-state index in [1.54, 1.807) is 0 Å². The van der Waals surface area contributed by atoms with Gasteiger partial charge in [-0.05, 0) is 77.9 Å². The molecule has 5 rings (SSSR count). The van der Waals surface area contributed by atoms with E-state index in [4.69, 9.17) is 0 Å². The van der Waals surface area contributed by atoms with Gasteiger partial charge in [0.15, 0.2) is 0 Å². The van der Waals surface area contributed by atoms with Gasteiger partial charge in [0.05, 0.1) is 11.1 Å². The number of anilines is 2. The molecule has 0 aliphatic carbocycles. The van der Waals surface area contributed by atoms with Crippen molar-refractivity contribution >= 4 is 28.4 Å². The van der Waals surface area contributed by atoms with Gasteiger partial charge in [-0.15, -0.1) is 0 Å². The normalized spacial score (nSPS) is 18.8. The first kappa shape index (κ1) is 28.4. The van der Waals surface area contributed by atoms with Crippen molar-refractivity contribution in [2.45, 2.75) is 50.4 Å².